The second-order valence-electron chi connectivity index (χ2n) is 4.09. The van der Waals surface area contributed by atoms with Crippen LogP contribution in [0.5, 0.6) is 0 Å². The minimum atomic E-state index is -0.597. The van der Waals surface area contributed by atoms with Gasteiger partial charge in [-0.3, -0.25) is 9.78 Å². The predicted molar refractivity (Wildman–Crippen MR) is 64.0 cm³/mol. The van der Waals surface area contributed by atoms with Gasteiger partial charge in [0.1, 0.15) is 0 Å². The van der Waals surface area contributed by atoms with Gasteiger partial charge in [-0.05, 0) is 31.4 Å². The summed E-state index contributed by atoms with van der Waals surface area (Å²) < 4.78 is 13.2. The van der Waals surface area contributed by atoms with Crippen LogP contribution in [0.3, 0.4) is 0 Å². The molecular weight excluding hydrogens is 221 g/mol. The number of nitrogens with two attached hydrogens (primary N) is 1. The van der Waals surface area contributed by atoms with Crippen LogP contribution in [0.2, 0.25) is 0 Å². The van der Waals surface area contributed by atoms with Crippen LogP contribution < -0.4 is 11.1 Å². The van der Waals surface area contributed by atoms with E-state index in [-0.39, 0.29) is 5.56 Å². The van der Waals surface area contributed by atoms with Crippen molar-refractivity contribution in [2.45, 2.75) is 19.8 Å². The molecule has 0 aromatic carbocycles. The van der Waals surface area contributed by atoms with E-state index in [4.69, 9.17) is 5.73 Å². The lowest BCUT2D eigenvalue weighted by Crippen LogP contribution is -2.26. The first-order valence-corrected chi connectivity index (χ1v) is 5.73. The fourth-order valence-electron chi connectivity index (χ4n) is 1.42. The van der Waals surface area contributed by atoms with E-state index in [1.54, 1.807) is 0 Å². The molecule has 0 saturated heterocycles. The molecule has 0 aliphatic carbocycles. The molecule has 17 heavy (non-hydrogen) atoms. The molecule has 0 bridgehead atoms. The zero-order chi connectivity index (χ0) is 12.7. The molecule has 1 aromatic heterocycles. The van der Waals surface area contributed by atoms with Crippen LogP contribution in [0.15, 0.2) is 18.5 Å². The van der Waals surface area contributed by atoms with Crippen molar-refractivity contribution in [3.63, 3.8) is 0 Å². The van der Waals surface area contributed by atoms with E-state index < -0.39 is 11.7 Å². The number of nitrogens with zero attached hydrogens (tertiary/aromatic N) is 1. The van der Waals surface area contributed by atoms with Gasteiger partial charge in [0.05, 0.1) is 11.8 Å². The van der Waals surface area contributed by atoms with E-state index in [0.717, 1.165) is 19.0 Å². The maximum Gasteiger partial charge on any atom is 0.254 e. The molecule has 0 aliphatic rings. The Balaban J connectivity index is 2.33. The minimum absolute atomic E-state index is 0.0341. The van der Waals surface area contributed by atoms with Gasteiger partial charge in [-0.15, -0.1) is 0 Å². The van der Waals surface area contributed by atoms with E-state index in [2.05, 4.69) is 17.2 Å². The molecule has 0 radical (unpaired) electrons. The number of nitrogens with one attached hydrogen (secondary N) is 1. The van der Waals surface area contributed by atoms with Gasteiger partial charge in [-0.2, -0.15) is 0 Å². The Labute approximate surface area is 100 Å². The Bertz CT molecular complexity index is 371. The number of carbonyl (C=O) groups excluding carboxylic acids is 1. The average molecular weight is 239 g/mol. The molecule has 1 amide bonds. The minimum Gasteiger partial charge on any atom is -0.352 e. The normalized spacial score (nSPS) is 12.2. The number of amides is 1. The average Bonchev–Trinajstić information content (AvgIpc) is 2.34. The summed E-state index contributed by atoms with van der Waals surface area (Å²) in [7, 11) is 0. The van der Waals surface area contributed by atoms with Crippen molar-refractivity contribution in [1.29, 1.82) is 0 Å². The van der Waals surface area contributed by atoms with Crippen molar-refractivity contribution in [3.8, 4) is 0 Å². The number of rotatable bonds is 6. The number of pyridine rings is 1. The van der Waals surface area contributed by atoms with Crippen LogP contribution in [0.1, 0.15) is 30.1 Å². The molecule has 4 nitrogen and oxygen atoms in total. The first kappa shape index (κ1) is 13.6. The van der Waals surface area contributed by atoms with Crippen LogP contribution in [-0.4, -0.2) is 24.0 Å². The summed E-state index contributed by atoms with van der Waals surface area (Å²) >= 11 is 0. The molecule has 0 fully saturated rings. The Hall–Kier alpha value is -1.49. The Morgan fingerprint density at radius 3 is 3.06 bits per heavy atom. The van der Waals surface area contributed by atoms with Gasteiger partial charge < -0.3 is 11.1 Å². The third kappa shape index (κ3) is 4.48. The number of carbonyl (C=O) groups is 1. The van der Waals surface area contributed by atoms with Crippen molar-refractivity contribution >= 4 is 5.91 Å². The summed E-state index contributed by atoms with van der Waals surface area (Å²) in [6.45, 7) is 3.24. The smallest absolute Gasteiger partial charge is 0.254 e. The standard InChI is InChI=1S/C12H18FN3O/c1-9(7-14)3-2-5-16-12(17)10-4-6-15-8-11(10)13/h4,6,8-9H,2-3,5,7,14H2,1H3,(H,16,17). The maximum atomic E-state index is 13.2. The maximum absolute atomic E-state index is 13.2. The quantitative estimate of drug-likeness (QED) is 0.736. The van der Waals surface area contributed by atoms with Crippen LogP contribution in [0.25, 0.3) is 0 Å². The van der Waals surface area contributed by atoms with Crippen LogP contribution in [0.4, 0.5) is 4.39 Å². The first-order chi connectivity index (χ1) is 8.15. The highest BCUT2D eigenvalue weighted by Gasteiger charge is 2.10. The summed E-state index contributed by atoms with van der Waals surface area (Å²) in [5.74, 6) is -0.546. The van der Waals surface area contributed by atoms with E-state index in [1.807, 2.05) is 0 Å². The highest BCUT2D eigenvalue weighted by Crippen LogP contribution is 2.05. The van der Waals surface area contributed by atoms with E-state index in [9.17, 15) is 9.18 Å². The summed E-state index contributed by atoms with van der Waals surface area (Å²) in [5.41, 5.74) is 5.52. The summed E-state index contributed by atoms with van der Waals surface area (Å²) in [6.07, 6.45) is 4.23. The lowest BCUT2D eigenvalue weighted by molar-refractivity contribution is 0.0948. The van der Waals surface area contributed by atoms with Gasteiger partial charge in [-0.1, -0.05) is 6.92 Å². The molecule has 1 rings (SSSR count). The van der Waals surface area contributed by atoms with Crippen LogP contribution >= 0.6 is 0 Å². The molecule has 1 unspecified atom stereocenters. The molecule has 1 atom stereocenters. The van der Waals surface area contributed by atoms with Gasteiger partial charge in [0.15, 0.2) is 5.82 Å². The fourth-order valence-corrected chi connectivity index (χ4v) is 1.42. The predicted octanol–water partition coefficient (Wildman–Crippen LogP) is 1.33. The van der Waals surface area contributed by atoms with Crippen molar-refractivity contribution in [2.75, 3.05) is 13.1 Å². The number of hydrogen-bond acceptors (Lipinski definition) is 3. The molecular formula is C12H18FN3O. The van der Waals surface area contributed by atoms with Crippen molar-refractivity contribution < 1.29 is 9.18 Å². The van der Waals surface area contributed by atoms with Crippen molar-refractivity contribution in [2.24, 2.45) is 11.7 Å². The summed E-state index contributed by atoms with van der Waals surface area (Å²) in [5, 5.41) is 2.67. The van der Waals surface area contributed by atoms with Gasteiger partial charge in [-0.25, -0.2) is 4.39 Å². The Morgan fingerprint density at radius 2 is 2.41 bits per heavy atom. The third-order valence-electron chi connectivity index (χ3n) is 2.58. The van der Waals surface area contributed by atoms with Gasteiger partial charge in [0, 0.05) is 12.7 Å². The monoisotopic (exact) mass is 239 g/mol. The zero-order valence-electron chi connectivity index (χ0n) is 9.95. The highest BCUT2D eigenvalue weighted by molar-refractivity contribution is 5.94. The lowest BCUT2D eigenvalue weighted by atomic mass is 10.1. The van der Waals surface area contributed by atoms with E-state index >= 15 is 0 Å². The molecule has 1 heterocycles. The second kappa shape index (κ2) is 6.96. The summed E-state index contributed by atoms with van der Waals surface area (Å²) in [4.78, 5) is 15.2. The molecule has 3 N–H and O–H groups in total. The number of hydrogen-bond donors (Lipinski definition) is 2. The topological polar surface area (TPSA) is 68.0 Å². The molecule has 0 aliphatic heterocycles. The highest BCUT2D eigenvalue weighted by atomic mass is 19.1. The number of halogens is 1. The first-order valence-electron chi connectivity index (χ1n) is 5.73. The van der Waals surface area contributed by atoms with Crippen molar-refractivity contribution in [1.82, 2.24) is 10.3 Å². The van der Waals surface area contributed by atoms with Crippen LogP contribution in [0, 0.1) is 11.7 Å². The van der Waals surface area contributed by atoms with Gasteiger partial charge in [0.25, 0.3) is 5.91 Å². The SMILES string of the molecule is CC(CN)CCCNC(=O)c1ccncc1F. The lowest BCUT2D eigenvalue weighted by Gasteiger charge is -2.09. The molecule has 1 aromatic rings. The van der Waals surface area contributed by atoms with Gasteiger partial charge >= 0.3 is 0 Å². The largest absolute Gasteiger partial charge is 0.352 e. The van der Waals surface area contributed by atoms with Gasteiger partial charge in [0.2, 0.25) is 0 Å². The summed E-state index contributed by atoms with van der Waals surface area (Å²) in [6, 6.07) is 1.37. The third-order valence-corrected chi connectivity index (χ3v) is 2.58. The van der Waals surface area contributed by atoms with E-state index in [1.165, 1.54) is 12.3 Å². The zero-order valence-corrected chi connectivity index (χ0v) is 9.95. The molecule has 5 heteroatoms. The number of aromatic nitrogens is 1. The Kier molecular flexibility index (Phi) is 5.56. The Morgan fingerprint density at radius 1 is 1.65 bits per heavy atom. The molecule has 0 spiro atoms. The molecule has 0 saturated carbocycles. The molecule has 94 valence electrons. The second-order valence-corrected chi connectivity index (χ2v) is 4.09. The van der Waals surface area contributed by atoms with E-state index in [0.29, 0.717) is 19.0 Å². The fraction of sp³-hybridized carbons (Fsp3) is 0.500. The van der Waals surface area contributed by atoms with Crippen molar-refractivity contribution in [3.05, 3.63) is 29.8 Å². The van der Waals surface area contributed by atoms with Crippen LogP contribution in [-0.2, 0) is 0 Å².